The molecule has 2 aromatic carbocycles. The molecule has 10 heteroatoms. The number of halogens is 1. The fraction of sp³-hybridized carbons (Fsp3) is 0.400. The van der Waals surface area contributed by atoms with Gasteiger partial charge < -0.3 is 10.2 Å². The summed E-state index contributed by atoms with van der Waals surface area (Å²) in [4.78, 5) is 40.4. The van der Waals surface area contributed by atoms with Crippen LogP contribution in [0, 0.1) is 0 Å². The maximum Gasteiger partial charge on any atom is 0.269 e. The zero-order valence-corrected chi connectivity index (χ0v) is 21.4. The Morgan fingerprint density at radius 1 is 1.09 bits per heavy atom. The summed E-state index contributed by atoms with van der Waals surface area (Å²) in [6, 6.07) is 12.2. The van der Waals surface area contributed by atoms with Gasteiger partial charge in [-0.3, -0.25) is 14.4 Å². The lowest BCUT2D eigenvalue weighted by atomic mass is 10.1. The van der Waals surface area contributed by atoms with Gasteiger partial charge in [0.1, 0.15) is 10.9 Å². The second-order valence-corrected chi connectivity index (χ2v) is 10.5. The van der Waals surface area contributed by atoms with E-state index in [1.165, 1.54) is 17.0 Å². The van der Waals surface area contributed by atoms with E-state index in [0.717, 1.165) is 17.1 Å². The molecule has 0 spiro atoms. The van der Waals surface area contributed by atoms with E-state index in [9.17, 15) is 22.8 Å². The third-order valence-corrected chi connectivity index (χ3v) is 8.16. The summed E-state index contributed by atoms with van der Waals surface area (Å²) in [7, 11) is -4.03. The molecular formula is C25H30ClN3O5S. The SMILES string of the molecule is CCCCNC(=O)[C@@H](CC)N(Cc1ccccc1Cl)C(=O)CCN1C(=O)c2ccccc2S1(=O)=O. The van der Waals surface area contributed by atoms with Crippen LogP contribution in [0.1, 0.15) is 55.5 Å². The van der Waals surface area contributed by atoms with E-state index >= 15 is 0 Å². The number of carbonyl (C=O) groups excluding carboxylic acids is 3. The lowest BCUT2D eigenvalue weighted by Gasteiger charge is -2.31. The number of carbonyl (C=O) groups is 3. The lowest BCUT2D eigenvalue weighted by molar-refractivity contribution is -0.141. The molecule has 0 aliphatic carbocycles. The third kappa shape index (κ3) is 5.85. The van der Waals surface area contributed by atoms with Crippen LogP contribution in [0.25, 0.3) is 0 Å². The van der Waals surface area contributed by atoms with Crippen molar-refractivity contribution in [2.45, 2.75) is 57.0 Å². The Morgan fingerprint density at radius 3 is 2.43 bits per heavy atom. The number of sulfonamides is 1. The van der Waals surface area contributed by atoms with E-state index in [4.69, 9.17) is 11.6 Å². The van der Waals surface area contributed by atoms with E-state index < -0.39 is 27.9 Å². The summed E-state index contributed by atoms with van der Waals surface area (Å²) >= 11 is 6.32. The molecule has 1 aliphatic heterocycles. The first-order chi connectivity index (χ1) is 16.7. The lowest BCUT2D eigenvalue weighted by Crippen LogP contribution is -2.49. The minimum absolute atomic E-state index is 0.0629. The average molecular weight is 520 g/mol. The van der Waals surface area contributed by atoms with Gasteiger partial charge in [0.25, 0.3) is 15.9 Å². The molecule has 1 atom stereocenters. The number of hydrogen-bond donors (Lipinski definition) is 1. The van der Waals surface area contributed by atoms with Crippen LogP contribution in [0.15, 0.2) is 53.4 Å². The minimum atomic E-state index is -4.03. The molecule has 0 saturated heterocycles. The fourth-order valence-electron chi connectivity index (χ4n) is 4.03. The van der Waals surface area contributed by atoms with Crippen LogP contribution in [0.5, 0.6) is 0 Å². The number of amides is 3. The number of nitrogens with one attached hydrogen (secondary N) is 1. The van der Waals surface area contributed by atoms with Gasteiger partial charge in [-0.15, -0.1) is 0 Å². The Morgan fingerprint density at radius 2 is 1.77 bits per heavy atom. The highest BCUT2D eigenvalue weighted by molar-refractivity contribution is 7.90. The van der Waals surface area contributed by atoms with Crippen molar-refractivity contribution in [3.63, 3.8) is 0 Å². The Labute approximate surface area is 211 Å². The molecule has 1 N–H and O–H groups in total. The van der Waals surface area contributed by atoms with Crippen molar-refractivity contribution in [1.82, 2.24) is 14.5 Å². The molecule has 0 radical (unpaired) electrons. The van der Waals surface area contributed by atoms with Crippen molar-refractivity contribution >= 4 is 39.3 Å². The van der Waals surface area contributed by atoms with Gasteiger partial charge in [0.05, 0.1) is 5.56 Å². The van der Waals surface area contributed by atoms with Crippen molar-refractivity contribution in [3.05, 3.63) is 64.7 Å². The highest BCUT2D eigenvalue weighted by Gasteiger charge is 2.41. The monoisotopic (exact) mass is 519 g/mol. The standard InChI is InChI=1S/C25H30ClN3O5S/c1-3-5-15-27-24(31)21(4-2)28(17-18-10-6-8-12-20(18)26)23(30)14-16-29-25(32)19-11-7-9-13-22(19)35(29,33)34/h6-13,21H,3-5,14-17H2,1-2H3,(H,27,31)/t21-/m1/s1. The first-order valence-electron chi connectivity index (χ1n) is 11.7. The van der Waals surface area contributed by atoms with Crippen LogP contribution >= 0.6 is 11.6 Å². The topological polar surface area (TPSA) is 104 Å². The predicted molar refractivity (Wildman–Crippen MR) is 133 cm³/mol. The summed E-state index contributed by atoms with van der Waals surface area (Å²) in [5.74, 6) is -1.38. The van der Waals surface area contributed by atoms with Crippen molar-refractivity contribution in [2.75, 3.05) is 13.1 Å². The van der Waals surface area contributed by atoms with Crippen molar-refractivity contribution in [3.8, 4) is 0 Å². The van der Waals surface area contributed by atoms with Gasteiger partial charge >= 0.3 is 0 Å². The minimum Gasteiger partial charge on any atom is -0.354 e. The zero-order chi connectivity index (χ0) is 25.6. The van der Waals surface area contributed by atoms with Crippen LogP contribution < -0.4 is 5.32 Å². The van der Waals surface area contributed by atoms with Crippen LogP contribution in [0.3, 0.4) is 0 Å². The molecule has 0 aromatic heterocycles. The molecule has 35 heavy (non-hydrogen) atoms. The molecule has 3 rings (SSSR count). The molecule has 8 nitrogen and oxygen atoms in total. The third-order valence-electron chi connectivity index (χ3n) is 5.95. The number of rotatable bonds is 11. The zero-order valence-electron chi connectivity index (χ0n) is 19.9. The van der Waals surface area contributed by atoms with Crippen LogP contribution in [0.4, 0.5) is 0 Å². The Hall–Kier alpha value is -2.91. The molecule has 0 fully saturated rings. The van der Waals surface area contributed by atoms with Crippen LogP contribution in [-0.4, -0.2) is 54.5 Å². The second-order valence-electron chi connectivity index (χ2n) is 8.31. The van der Waals surface area contributed by atoms with Gasteiger partial charge in [-0.2, -0.15) is 0 Å². The van der Waals surface area contributed by atoms with E-state index in [-0.39, 0.29) is 35.9 Å². The van der Waals surface area contributed by atoms with Crippen molar-refractivity contribution < 1.29 is 22.8 Å². The molecular weight excluding hydrogens is 490 g/mol. The summed E-state index contributed by atoms with van der Waals surface area (Å²) < 4.78 is 26.4. The molecule has 0 bridgehead atoms. The largest absolute Gasteiger partial charge is 0.354 e. The molecule has 188 valence electrons. The maximum absolute atomic E-state index is 13.4. The molecule has 0 saturated carbocycles. The second kappa shape index (κ2) is 11.7. The van der Waals surface area contributed by atoms with Crippen molar-refractivity contribution in [2.24, 2.45) is 0 Å². The normalized spacial score (nSPS) is 14.9. The van der Waals surface area contributed by atoms with E-state index in [2.05, 4.69) is 5.32 Å². The molecule has 1 heterocycles. The average Bonchev–Trinajstić information content (AvgIpc) is 3.03. The van der Waals surface area contributed by atoms with Crippen LogP contribution in [-0.2, 0) is 26.2 Å². The molecule has 2 aromatic rings. The van der Waals surface area contributed by atoms with Gasteiger partial charge in [-0.05, 0) is 36.6 Å². The van der Waals surface area contributed by atoms with Gasteiger partial charge in [0, 0.05) is 31.1 Å². The first-order valence-corrected chi connectivity index (χ1v) is 13.5. The van der Waals surface area contributed by atoms with E-state index in [1.807, 2.05) is 13.8 Å². The van der Waals surface area contributed by atoms with Gasteiger partial charge in [0.2, 0.25) is 11.8 Å². The number of unbranched alkanes of at least 4 members (excludes halogenated alkanes) is 1. The summed E-state index contributed by atoms with van der Waals surface area (Å²) in [5, 5.41) is 3.33. The quantitative estimate of drug-likeness (QED) is 0.457. The number of hydrogen-bond acceptors (Lipinski definition) is 5. The summed E-state index contributed by atoms with van der Waals surface area (Å²) in [5.41, 5.74) is 0.759. The smallest absolute Gasteiger partial charge is 0.269 e. The van der Waals surface area contributed by atoms with E-state index in [0.29, 0.717) is 23.6 Å². The Kier molecular flexibility index (Phi) is 8.91. The maximum atomic E-state index is 13.4. The summed E-state index contributed by atoms with van der Waals surface area (Å²) in [6.45, 7) is 4.09. The Balaban J connectivity index is 1.82. The van der Waals surface area contributed by atoms with E-state index in [1.54, 1.807) is 36.4 Å². The molecule has 1 aliphatic rings. The number of nitrogens with zero attached hydrogens (tertiary/aromatic N) is 2. The first kappa shape index (κ1) is 26.7. The Bertz CT molecular complexity index is 1200. The molecule has 0 unspecified atom stereocenters. The fourth-order valence-corrected chi connectivity index (χ4v) is 5.79. The summed E-state index contributed by atoms with van der Waals surface area (Å²) in [6.07, 6.45) is 1.83. The van der Waals surface area contributed by atoms with Crippen LogP contribution in [0.2, 0.25) is 5.02 Å². The predicted octanol–water partition coefficient (Wildman–Crippen LogP) is 3.60. The molecule has 3 amide bonds. The van der Waals surface area contributed by atoms with Gasteiger partial charge in [-0.25, -0.2) is 12.7 Å². The number of fused-ring (bicyclic) bond motifs is 1. The van der Waals surface area contributed by atoms with Gasteiger partial charge in [-0.1, -0.05) is 62.2 Å². The highest BCUT2D eigenvalue weighted by atomic mass is 35.5. The van der Waals surface area contributed by atoms with Crippen molar-refractivity contribution in [1.29, 1.82) is 0 Å². The number of benzene rings is 2. The highest BCUT2D eigenvalue weighted by Crippen LogP contribution is 2.30. The van der Waals surface area contributed by atoms with Gasteiger partial charge in [0.15, 0.2) is 0 Å².